The second-order valence-corrected chi connectivity index (χ2v) is 7.70. The van der Waals surface area contributed by atoms with Gasteiger partial charge in [0.05, 0.1) is 9.80 Å². The minimum absolute atomic E-state index is 0.0794. The number of fused-ring (bicyclic) bond motifs is 4. The fraction of sp³-hybridized carbons (Fsp3) is 0.471. The summed E-state index contributed by atoms with van der Waals surface area (Å²) in [6.45, 7) is 3.41. The van der Waals surface area contributed by atoms with E-state index in [4.69, 9.17) is 0 Å². The molecule has 0 unspecified atom stereocenters. The minimum Gasteiger partial charge on any atom is -0.303 e. The van der Waals surface area contributed by atoms with Crippen LogP contribution in [0.15, 0.2) is 24.3 Å². The SMILES string of the molecule is O=C(C[C@H]1CN2CCC1CC2)c1cc2ccc([N+](=O)[O-])cc2s1. The van der Waals surface area contributed by atoms with E-state index in [1.165, 1.54) is 43.3 Å². The lowest BCUT2D eigenvalue weighted by molar-refractivity contribution is -0.384. The molecular weight excluding hydrogens is 312 g/mol. The van der Waals surface area contributed by atoms with Crippen LogP contribution in [0.1, 0.15) is 28.9 Å². The summed E-state index contributed by atoms with van der Waals surface area (Å²) in [7, 11) is 0. The molecule has 3 fully saturated rings. The fourth-order valence-corrected chi connectivity index (χ4v) is 4.97. The van der Waals surface area contributed by atoms with E-state index in [0.717, 1.165) is 21.5 Å². The first kappa shape index (κ1) is 14.8. The van der Waals surface area contributed by atoms with Crippen LogP contribution in [0.25, 0.3) is 10.1 Å². The second kappa shape index (κ2) is 5.69. The molecule has 23 heavy (non-hydrogen) atoms. The summed E-state index contributed by atoms with van der Waals surface area (Å²) in [5.41, 5.74) is 0.0794. The Hall–Kier alpha value is -1.79. The van der Waals surface area contributed by atoms with Crippen LogP contribution >= 0.6 is 11.3 Å². The van der Waals surface area contributed by atoms with E-state index in [1.807, 2.05) is 6.07 Å². The van der Waals surface area contributed by atoms with Crippen LogP contribution in [-0.4, -0.2) is 35.2 Å². The third-order valence-corrected chi connectivity index (χ3v) is 6.37. The molecule has 1 aromatic heterocycles. The van der Waals surface area contributed by atoms with Gasteiger partial charge in [0.1, 0.15) is 0 Å². The predicted molar refractivity (Wildman–Crippen MR) is 90.1 cm³/mol. The van der Waals surface area contributed by atoms with Crippen molar-refractivity contribution in [2.75, 3.05) is 19.6 Å². The van der Waals surface area contributed by atoms with E-state index >= 15 is 0 Å². The van der Waals surface area contributed by atoms with Crippen LogP contribution in [0.2, 0.25) is 0 Å². The minimum atomic E-state index is -0.395. The average Bonchev–Trinajstić information content (AvgIpc) is 2.99. The number of carbonyl (C=O) groups excluding carboxylic acids is 1. The van der Waals surface area contributed by atoms with Crippen LogP contribution in [0.5, 0.6) is 0 Å². The predicted octanol–water partition coefficient (Wildman–Crippen LogP) is 3.72. The molecule has 3 aliphatic rings. The molecular formula is C17H18N2O3S. The smallest absolute Gasteiger partial charge is 0.270 e. The molecule has 0 amide bonds. The van der Waals surface area contributed by atoms with Crippen molar-refractivity contribution in [3.63, 3.8) is 0 Å². The summed E-state index contributed by atoms with van der Waals surface area (Å²) in [6, 6.07) is 6.67. The Morgan fingerprint density at radius 2 is 2.09 bits per heavy atom. The van der Waals surface area contributed by atoms with E-state index in [2.05, 4.69) is 4.90 Å². The number of carbonyl (C=O) groups is 1. The molecule has 2 bridgehead atoms. The number of nitrogens with zero attached hydrogens (tertiary/aromatic N) is 2. The van der Waals surface area contributed by atoms with Gasteiger partial charge in [0.15, 0.2) is 5.78 Å². The van der Waals surface area contributed by atoms with Crippen LogP contribution in [0.4, 0.5) is 5.69 Å². The lowest BCUT2D eigenvalue weighted by atomic mass is 9.76. The number of Topliss-reactive ketones (excluding diaryl/α,β-unsaturated/α-hetero) is 1. The van der Waals surface area contributed by atoms with Crippen LogP contribution in [0.3, 0.4) is 0 Å². The highest BCUT2D eigenvalue weighted by Gasteiger charge is 2.35. The summed E-state index contributed by atoms with van der Waals surface area (Å²) >= 11 is 1.38. The number of non-ortho nitro benzene ring substituents is 1. The van der Waals surface area contributed by atoms with Crippen LogP contribution in [-0.2, 0) is 0 Å². The molecule has 120 valence electrons. The molecule has 4 heterocycles. The zero-order chi connectivity index (χ0) is 16.0. The second-order valence-electron chi connectivity index (χ2n) is 6.62. The van der Waals surface area contributed by atoms with Crippen molar-refractivity contribution in [1.29, 1.82) is 0 Å². The first-order chi connectivity index (χ1) is 11.1. The van der Waals surface area contributed by atoms with E-state index in [0.29, 0.717) is 18.3 Å². The lowest BCUT2D eigenvalue weighted by Crippen LogP contribution is -2.47. The van der Waals surface area contributed by atoms with E-state index in [-0.39, 0.29) is 11.5 Å². The topological polar surface area (TPSA) is 63.5 Å². The molecule has 0 aliphatic carbocycles. The highest BCUT2D eigenvalue weighted by atomic mass is 32.1. The van der Waals surface area contributed by atoms with Gasteiger partial charge in [-0.2, -0.15) is 0 Å². The van der Waals surface area contributed by atoms with Gasteiger partial charge in [0, 0.05) is 29.8 Å². The Balaban J connectivity index is 1.54. The third kappa shape index (κ3) is 2.77. The molecule has 0 N–H and O–H groups in total. The van der Waals surface area contributed by atoms with Crippen molar-refractivity contribution in [3.8, 4) is 0 Å². The summed E-state index contributed by atoms with van der Waals surface area (Å²) in [5, 5.41) is 11.8. The zero-order valence-electron chi connectivity index (χ0n) is 12.7. The number of benzene rings is 1. The highest BCUT2D eigenvalue weighted by molar-refractivity contribution is 7.20. The van der Waals surface area contributed by atoms with Crippen molar-refractivity contribution in [2.24, 2.45) is 11.8 Å². The van der Waals surface area contributed by atoms with Gasteiger partial charge in [-0.1, -0.05) is 0 Å². The number of nitro benzene ring substituents is 1. The monoisotopic (exact) mass is 330 g/mol. The molecule has 1 aromatic carbocycles. The quantitative estimate of drug-likeness (QED) is 0.487. The van der Waals surface area contributed by atoms with Crippen molar-refractivity contribution in [1.82, 2.24) is 4.90 Å². The Morgan fingerprint density at radius 1 is 1.30 bits per heavy atom. The lowest BCUT2D eigenvalue weighted by Gasteiger charge is -2.44. The van der Waals surface area contributed by atoms with Gasteiger partial charge in [-0.15, -0.1) is 11.3 Å². The third-order valence-electron chi connectivity index (χ3n) is 5.23. The van der Waals surface area contributed by atoms with Crippen LogP contribution < -0.4 is 0 Å². The maximum Gasteiger partial charge on any atom is 0.270 e. The molecule has 6 heteroatoms. The summed E-state index contributed by atoms with van der Waals surface area (Å²) < 4.78 is 0.816. The Morgan fingerprint density at radius 3 is 2.74 bits per heavy atom. The summed E-state index contributed by atoms with van der Waals surface area (Å²) in [5.74, 6) is 1.36. The molecule has 2 aromatic rings. The molecule has 3 aliphatic heterocycles. The molecule has 5 rings (SSSR count). The number of hydrogen-bond donors (Lipinski definition) is 0. The van der Waals surface area contributed by atoms with E-state index < -0.39 is 4.92 Å². The molecule has 0 spiro atoms. The van der Waals surface area contributed by atoms with Crippen molar-refractivity contribution in [3.05, 3.63) is 39.3 Å². The largest absolute Gasteiger partial charge is 0.303 e. The normalized spacial score (nSPS) is 26.5. The van der Waals surface area contributed by atoms with Gasteiger partial charge in [-0.05, 0) is 55.3 Å². The average molecular weight is 330 g/mol. The molecule has 5 nitrogen and oxygen atoms in total. The number of nitro groups is 1. The molecule has 0 saturated carbocycles. The fourth-order valence-electron chi connectivity index (χ4n) is 3.93. The van der Waals surface area contributed by atoms with Gasteiger partial charge in [-0.25, -0.2) is 0 Å². The maximum atomic E-state index is 12.6. The Bertz CT molecular complexity index is 777. The molecule has 3 saturated heterocycles. The van der Waals surface area contributed by atoms with Gasteiger partial charge in [0.2, 0.25) is 0 Å². The number of ketones is 1. The molecule has 1 atom stereocenters. The standard InChI is InChI=1S/C17H18N2O3S/c20-15(7-13-10-18-5-3-11(13)4-6-18)17-8-12-1-2-14(19(21)22)9-16(12)23-17/h1-2,8-9,11,13H,3-7,10H2/t13-/m0/s1. The highest BCUT2D eigenvalue weighted by Crippen LogP contribution is 2.36. The van der Waals surface area contributed by atoms with Gasteiger partial charge >= 0.3 is 0 Å². The van der Waals surface area contributed by atoms with Crippen LogP contribution in [0, 0.1) is 22.0 Å². The summed E-state index contributed by atoms with van der Waals surface area (Å²) in [4.78, 5) is 26.3. The Labute approximate surface area is 138 Å². The first-order valence-corrected chi connectivity index (χ1v) is 8.85. The molecule has 0 radical (unpaired) electrons. The number of rotatable bonds is 4. The summed E-state index contributed by atoms with van der Waals surface area (Å²) in [6.07, 6.45) is 3.04. The number of piperidine rings is 3. The van der Waals surface area contributed by atoms with Crippen molar-refractivity contribution in [2.45, 2.75) is 19.3 Å². The van der Waals surface area contributed by atoms with Crippen molar-refractivity contribution >= 4 is 32.9 Å². The first-order valence-electron chi connectivity index (χ1n) is 8.04. The van der Waals surface area contributed by atoms with Gasteiger partial charge in [0.25, 0.3) is 5.69 Å². The van der Waals surface area contributed by atoms with Gasteiger partial charge < -0.3 is 4.90 Å². The number of thiophene rings is 1. The van der Waals surface area contributed by atoms with Gasteiger partial charge in [-0.3, -0.25) is 14.9 Å². The van der Waals surface area contributed by atoms with Crippen molar-refractivity contribution < 1.29 is 9.72 Å². The maximum absolute atomic E-state index is 12.6. The van der Waals surface area contributed by atoms with E-state index in [1.54, 1.807) is 12.1 Å². The number of hydrogen-bond acceptors (Lipinski definition) is 5. The van der Waals surface area contributed by atoms with E-state index in [9.17, 15) is 14.9 Å². The Kier molecular flexibility index (Phi) is 3.66. The zero-order valence-corrected chi connectivity index (χ0v) is 13.6.